The van der Waals surface area contributed by atoms with Crippen LogP contribution in [-0.2, 0) is 11.3 Å². The van der Waals surface area contributed by atoms with Crippen molar-refractivity contribution in [3.05, 3.63) is 16.6 Å². The molecule has 0 spiro atoms. The van der Waals surface area contributed by atoms with Crippen LogP contribution in [0.1, 0.15) is 44.4 Å². The van der Waals surface area contributed by atoms with Crippen LogP contribution in [0, 0.1) is 5.92 Å². The van der Waals surface area contributed by atoms with Gasteiger partial charge in [0.25, 0.3) is 0 Å². The van der Waals surface area contributed by atoms with Gasteiger partial charge in [-0.15, -0.1) is 11.3 Å². The molecule has 3 nitrogen and oxygen atoms in total. The minimum Gasteiger partial charge on any atom is -0.378 e. The minimum absolute atomic E-state index is 0.452. The Morgan fingerprint density at radius 3 is 3.00 bits per heavy atom. The summed E-state index contributed by atoms with van der Waals surface area (Å²) < 4.78 is 5.94. The number of rotatable bonds is 6. The van der Waals surface area contributed by atoms with Crippen molar-refractivity contribution in [3.8, 4) is 0 Å². The van der Waals surface area contributed by atoms with Gasteiger partial charge >= 0.3 is 0 Å². The molecule has 2 heterocycles. The number of nitrogens with one attached hydrogen (secondary N) is 1. The van der Waals surface area contributed by atoms with Crippen LogP contribution < -0.4 is 5.32 Å². The van der Waals surface area contributed by atoms with Crippen LogP contribution >= 0.6 is 11.3 Å². The average molecular weight is 268 g/mol. The van der Waals surface area contributed by atoms with Gasteiger partial charge in [-0.2, -0.15) is 0 Å². The summed E-state index contributed by atoms with van der Waals surface area (Å²) in [6.45, 7) is 6.39. The zero-order valence-corrected chi connectivity index (χ0v) is 12.2. The molecular weight excluding hydrogens is 244 g/mol. The van der Waals surface area contributed by atoms with Crippen molar-refractivity contribution in [2.24, 2.45) is 5.92 Å². The van der Waals surface area contributed by atoms with Gasteiger partial charge in [-0.1, -0.05) is 26.7 Å². The summed E-state index contributed by atoms with van der Waals surface area (Å²) in [4.78, 5) is 5.43. The Morgan fingerprint density at radius 2 is 2.33 bits per heavy atom. The summed E-state index contributed by atoms with van der Waals surface area (Å²) in [7, 11) is 0. The fourth-order valence-corrected chi connectivity index (χ4v) is 3.28. The Kier molecular flexibility index (Phi) is 5.60. The molecule has 1 aromatic heterocycles. The van der Waals surface area contributed by atoms with Crippen molar-refractivity contribution >= 4 is 11.3 Å². The van der Waals surface area contributed by atoms with Gasteiger partial charge in [-0.3, -0.25) is 4.98 Å². The molecule has 0 aliphatic carbocycles. The summed E-state index contributed by atoms with van der Waals surface area (Å²) in [6, 6.07) is 0.603. The second kappa shape index (κ2) is 7.22. The Bertz CT molecular complexity index is 325. The molecule has 1 aliphatic rings. The average Bonchev–Trinajstić information content (AvgIpc) is 2.92. The fraction of sp³-hybridized carbons (Fsp3) is 0.786. The first-order valence-electron chi connectivity index (χ1n) is 7.05. The van der Waals surface area contributed by atoms with E-state index in [1.807, 2.05) is 11.7 Å². The monoisotopic (exact) mass is 268 g/mol. The van der Waals surface area contributed by atoms with Crippen molar-refractivity contribution in [3.63, 3.8) is 0 Å². The van der Waals surface area contributed by atoms with Gasteiger partial charge < -0.3 is 10.1 Å². The molecule has 0 radical (unpaired) electrons. The third-order valence-electron chi connectivity index (χ3n) is 3.94. The molecule has 1 N–H and O–H groups in total. The molecule has 4 heteroatoms. The quantitative estimate of drug-likeness (QED) is 0.860. The van der Waals surface area contributed by atoms with E-state index in [9.17, 15) is 0 Å². The molecule has 18 heavy (non-hydrogen) atoms. The maximum atomic E-state index is 5.94. The number of aromatic nitrogens is 1. The van der Waals surface area contributed by atoms with Crippen LogP contribution in [0.5, 0.6) is 0 Å². The van der Waals surface area contributed by atoms with Crippen LogP contribution in [0.25, 0.3) is 0 Å². The van der Waals surface area contributed by atoms with Gasteiger partial charge in [0.2, 0.25) is 0 Å². The zero-order valence-electron chi connectivity index (χ0n) is 11.4. The predicted molar refractivity (Wildman–Crippen MR) is 75.8 cm³/mol. The second-order valence-electron chi connectivity index (χ2n) is 5.06. The van der Waals surface area contributed by atoms with E-state index in [-0.39, 0.29) is 0 Å². The third kappa shape index (κ3) is 3.77. The number of hydrogen-bond acceptors (Lipinski definition) is 4. The standard InChI is InChI=1S/C14H24N2OS/c1-3-11(4-2)14-7-12(5-6-17-14)16-9-13-8-15-10-18-13/h8,10-12,14,16H,3-7,9H2,1-2H3. The van der Waals surface area contributed by atoms with Crippen molar-refractivity contribution in [2.45, 2.75) is 58.2 Å². The number of thiazole rings is 1. The van der Waals surface area contributed by atoms with Gasteiger partial charge in [0.05, 0.1) is 11.6 Å². The second-order valence-corrected chi connectivity index (χ2v) is 6.03. The zero-order chi connectivity index (χ0) is 12.8. The van der Waals surface area contributed by atoms with Crippen LogP contribution in [0.4, 0.5) is 0 Å². The Hall–Kier alpha value is -0.450. The van der Waals surface area contributed by atoms with Crippen molar-refractivity contribution in [2.75, 3.05) is 6.61 Å². The fourth-order valence-electron chi connectivity index (χ4n) is 2.73. The summed E-state index contributed by atoms with van der Waals surface area (Å²) in [5.74, 6) is 0.720. The maximum absolute atomic E-state index is 5.94. The molecule has 1 aliphatic heterocycles. The van der Waals surface area contributed by atoms with E-state index in [1.54, 1.807) is 11.3 Å². The van der Waals surface area contributed by atoms with Gasteiger partial charge in [-0.05, 0) is 18.8 Å². The van der Waals surface area contributed by atoms with E-state index in [0.29, 0.717) is 12.1 Å². The summed E-state index contributed by atoms with van der Waals surface area (Å²) in [5, 5.41) is 3.65. The molecule has 2 unspecified atom stereocenters. The molecule has 1 fully saturated rings. The lowest BCUT2D eigenvalue weighted by Crippen LogP contribution is -2.41. The van der Waals surface area contributed by atoms with E-state index >= 15 is 0 Å². The molecule has 0 aromatic carbocycles. The minimum atomic E-state index is 0.452. The van der Waals surface area contributed by atoms with Crippen molar-refractivity contribution in [1.82, 2.24) is 10.3 Å². The molecule has 1 aromatic rings. The van der Waals surface area contributed by atoms with E-state index in [1.165, 1.54) is 17.7 Å². The van der Waals surface area contributed by atoms with Crippen molar-refractivity contribution < 1.29 is 4.74 Å². The summed E-state index contributed by atoms with van der Waals surface area (Å²) >= 11 is 1.72. The largest absolute Gasteiger partial charge is 0.378 e. The van der Waals surface area contributed by atoms with E-state index in [4.69, 9.17) is 4.74 Å². The topological polar surface area (TPSA) is 34.2 Å². The summed E-state index contributed by atoms with van der Waals surface area (Å²) in [6.07, 6.45) is 7.15. The van der Waals surface area contributed by atoms with Crippen molar-refractivity contribution in [1.29, 1.82) is 0 Å². The maximum Gasteiger partial charge on any atom is 0.0794 e. The highest BCUT2D eigenvalue weighted by molar-refractivity contribution is 7.09. The van der Waals surface area contributed by atoms with Crippen LogP contribution in [0.15, 0.2) is 11.7 Å². The highest BCUT2D eigenvalue weighted by Crippen LogP contribution is 2.25. The molecule has 2 rings (SSSR count). The van der Waals surface area contributed by atoms with E-state index in [2.05, 4.69) is 24.1 Å². The number of nitrogens with zero attached hydrogens (tertiary/aromatic N) is 1. The Labute approximate surface area is 114 Å². The molecule has 0 bridgehead atoms. The predicted octanol–water partition coefficient (Wildman–Crippen LogP) is 3.22. The lowest BCUT2D eigenvalue weighted by Gasteiger charge is -2.34. The normalized spacial score (nSPS) is 24.6. The van der Waals surface area contributed by atoms with Gasteiger partial charge in [-0.25, -0.2) is 0 Å². The SMILES string of the molecule is CCC(CC)C1CC(NCc2cncs2)CCO1. The number of hydrogen-bond donors (Lipinski definition) is 1. The highest BCUT2D eigenvalue weighted by atomic mass is 32.1. The molecular formula is C14H24N2OS. The van der Waals surface area contributed by atoms with Gasteiger partial charge in [0.1, 0.15) is 0 Å². The van der Waals surface area contributed by atoms with Gasteiger partial charge in [0, 0.05) is 30.3 Å². The van der Waals surface area contributed by atoms with Crippen LogP contribution in [-0.4, -0.2) is 23.7 Å². The molecule has 0 saturated carbocycles. The third-order valence-corrected chi connectivity index (χ3v) is 4.72. The Morgan fingerprint density at radius 1 is 1.50 bits per heavy atom. The first-order chi connectivity index (χ1) is 8.83. The number of ether oxygens (including phenoxy) is 1. The summed E-state index contributed by atoms with van der Waals surface area (Å²) in [5.41, 5.74) is 1.90. The van der Waals surface area contributed by atoms with E-state index in [0.717, 1.165) is 31.9 Å². The Balaban J connectivity index is 1.79. The van der Waals surface area contributed by atoms with Crippen LogP contribution in [0.3, 0.4) is 0 Å². The highest BCUT2D eigenvalue weighted by Gasteiger charge is 2.27. The van der Waals surface area contributed by atoms with Crippen LogP contribution in [0.2, 0.25) is 0 Å². The lowest BCUT2D eigenvalue weighted by molar-refractivity contribution is -0.0350. The molecule has 2 atom stereocenters. The lowest BCUT2D eigenvalue weighted by atomic mass is 9.89. The molecule has 1 saturated heterocycles. The smallest absolute Gasteiger partial charge is 0.0794 e. The first-order valence-corrected chi connectivity index (χ1v) is 7.93. The molecule has 0 amide bonds. The van der Waals surface area contributed by atoms with Gasteiger partial charge in [0.15, 0.2) is 0 Å². The van der Waals surface area contributed by atoms with E-state index < -0.39 is 0 Å². The first kappa shape index (κ1) is 14.0. The molecule has 102 valence electrons.